The number of nitriles is 2. The van der Waals surface area contributed by atoms with Gasteiger partial charge in [-0.2, -0.15) is 10.5 Å². The van der Waals surface area contributed by atoms with Gasteiger partial charge in [-0.3, -0.25) is 9.97 Å². The molecule has 0 N–H and O–H groups in total. The van der Waals surface area contributed by atoms with E-state index in [9.17, 15) is 10.5 Å². The molecule has 2 aromatic heterocycles. The van der Waals surface area contributed by atoms with E-state index >= 15 is 0 Å². The van der Waals surface area contributed by atoms with Crippen molar-refractivity contribution in [2.45, 2.75) is 30.7 Å². The SMILES string of the molecule is N#Cc1cc(C2=CC(c3cccnc3)=CC(c3cccnc3)C2)cc(N2c3ccccc3C3CC(C#N)C=CC32)c1. The fraction of sp³-hybridized carbons (Fsp3) is 0.167. The van der Waals surface area contributed by atoms with Gasteiger partial charge in [0.25, 0.3) is 0 Å². The third-order valence-corrected chi connectivity index (χ3v) is 8.47. The van der Waals surface area contributed by atoms with Crippen LogP contribution < -0.4 is 4.90 Å². The first-order valence-electron chi connectivity index (χ1n) is 14.0. The highest BCUT2D eigenvalue weighted by atomic mass is 15.2. The first kappa shape index (κ1) is 24.8. The summed E-state index contributed by atoms with van der Waals surface area (Å²) in [6.45, 7) is 0. The minimum absolute atomic E-state index is 0.0836. The maximum absolute atomic E-state index is 10.1. The number of benzene rings is 2. The Bertz CT molecular complexity index is 1790. The second-order valence-electron chi connectivity index (χ2n) is 10.9. The molecule has 0 radical (unpaired) electrons. The van der Waals surface area contributed by atoms with Gasteiger partial charge in [-0.1, -0.05) is 54.6 Å². The molecule has 3 aliphatic rings. The smallest absolute Gasteiger partial charge is 0.0992 e. The van der Waals surface area contributed by atoms with E-state index in [1.54, 1.807) is 12.4 Å². The summed E-state index contributed by atoms with van der Waals surface area (Å²) in [7, 11) is 0. The van der Waals surface area contributed by atoms with Gasteiger partial charge in [0.2, 0.25) is 0 Å². The number of fused-ring (bicyclic) bond motifs is 3. The number of hydrogen-bond donors (Lipinski definition) is 0. The van der Waals surface area contributed by atoms with Crippen LogP contribution in [0.2, 0.25) is 0 Å². The predicted octanol–water partition coefficient (Wildman–Crippen LogP) is 7.71. The van der Waals surface area contributed by atoms with Gasteiger partial charge in [0.1, 0.15) is 0 Å². The largest absolute Gasteiger partial charge is 0.334 e. The summed E-state index contributed by atoms with van der Waals surface area (Å²) in [5.41, 5.74) is 9.58. The van der Waals surface area contributed by atoms with Gasteiger partial charge in [0.05, 0.1) is 29.7 Å². The number of aromatic nitrogens is 2. The van der Waals surface area contributed by atoms with Crippen molar-refractivity contribution in [3.8, 4) is 12.1 Å². The average Bonchev–Trinajstić information content (AvgIpc) is 3.38. The van der Waals surface area contributed by atoms with Crippen LogP contribution in [0.3, 0.4) is 0 Å². The lowest BCUT2D eigenvalue weighted by Gasteiger charge is -2.32. The van der Waals surface area contributed by atoms with Crippen LogP contribution in [0.1, 0.15) is 52.5 Å². The monoisotopic (exact) mass is 529 g/mol. The Balaban J connectivity index is 1.35. The molecule has 4 unspecified atom stereocenters. The van der Waals surface area contributed by atoms with E-state index in [0.717, 1.165) is 46.5 Å². The highest BCUT2D eigenvalue weighted by molar-refractivity contribution is 5.88. The van der Waals surface area contributed by atoms with E-state index in [1.807, 2.05) is 42.7 Å². The second kappa shape index (κ2) is 10.4. The molecule has 0 bridgehead atoms. The Morgan fingerprint density at radius 3 is 2.49 bits per heavy atom. The molecule has 5 nitrogen and oxygen atoms in total. The van der Waals surface area contributed by atoms with Crippen LogP contribution in [0.4, 0.5) is 11.4 Å². The van der Waals surface area contributed by atoms with Gasteiger partial charge in [-0.15, -0.1) is 0 Å². The van der Waals surface area contributed by atoms with Crippen LogP contribution in [-0.4, -0.2) is 16.0 Å². The molecule has 1 aliphatic heterocycles. The molecule has 2 aromatic carbocycles. The van der Waals surface area contributed by atoms with Crippen molar-refractivity contribution in [2.24, 2.45) is 5.92 Å². The van der Waals surface area contributed by atoms with Gasteiger partial charge < -0.3 is 4.90 Å². The Morgan fingerprint density at radius 1 is 0.854 bits per heavy atom. The molecule has 0 saturated carbocycles. The Hall–Kier alpha value is -5.26. The molecule has 2 aliphatic carbocycles. The fourth-order valence-electron chi connectivity index (χ4n) is 6.57. The van der Waals surface area contributed by atoms with Crippen LogP contribution in [0, 0.1) is 28.6 Å². The standard InChI is InChI=1S/C36H27N5/c37-20-24-9-10-36-34(15-24)33-7-1-2-8-35(33)41(36)32-14-25(21-38)13-28(19-32)31-17-29(26-5-3-11-39-22-26)16-30(18-31)27-6-4-12-40-23-27/h1-14,16-17,19,22-24,30,34,36H,15,18H2. The van der Waals surface area contributed by atoms with Crippen LogP contribution >= 0.6 is 0 Å². The van der Waals surface area contributed by atoms with Gasteiger partial charge in [-0.25, -0.2) is 0 Å². The first-order chi connectivity index (χ1) is 20.2. The fourth-order valence-corrected chi connectivity index (χ4v) is 6.57. The third kappa shape index (κ3) is 4.52. The summed E-state index contributed by atoms with van der Waals surface area (Å²) in [5.74, 6) is 0.299. The van der Waals surface area contributed by atoms with Crippen LogP contribution in [0.25, 0.3) is 11.1 Å². The lowest BCUT2D eigenvalue weighted by molar-refractivity contribution is 0.522. The summed E-state index contributed by atoms with van der Waals surface area (Å²) in [5, 5.41) is 19.7. The van der Waals surface area contributed by atoms with Crippen molar-refractivity contribution in [1.29, 1.82) is 10.5 Å². The van der Waals surface area contributed by atoms with Gasteiger partial charge in [0.15, 0.2) is 0 Å². The zero-order valence-corrected chi connectivity index (χ0v) is 22.4. The van der Waals surface area contributed by atoms with Crippen molar-refractivity contribution >= 4 is 22.5 Å². The zero-order chi connectivity index (χ0) is 27.8. The van der Waals surface area contributed by atoms with E-state index in [4.69, 9.17) is 0 Å². The number of hydrogen-bond acceptors (Lipinski definition) is 5. The van der Waals surface area contributed by atoms with Crippen molar-refractivity contribution in [1.82, 2.24) is 9.97 Å². The quantitative estimate of drug-likeness (QED) is 0.253. The summed E-state index contributed by atoms with van der Waals surface area (Å²) >= 11 is 0. The molecule has 3 heterocycles. The lowest BCUT2D eigenvalue weighted by Crippen LogP contribution is -2.31. The Labute approximate surface area is 240 Å². The predicted molar refractivity (Wildman–Crippen MR) is 161 cm³/mol. The molecule has 0 fully saturated rings. The minimum Gasteiger partial charge on any atom is -0.334 e. The topological polar surface area (TPSA) is 76.6 Å². The van der Waals surface area contributed by atoms with E-state index in [2.05, 4.69) is 87.7 Å². The number of para-hydroxylation sites is 1. The molecule has 0 amide bonds. The molecule has 4 atom stereocenters. The highest BCUT2D eigenvalue weighted by Gasteiger charge is 2.40. The molecule has 0 saturated heterocycles. The zero-order valence-electron chi connectivity index (χ0n) is 22.4. The maximum Gasteiger partial charge on any atom is 0.0992 e. The van der Waals surface area contributed by atoms with Crippen molar-refractivity contribution in [3.05, 3.63) is 144 Å². The van der Waals surface area contributed by atoms with E-state index in [1.165, 1.54) is 11.1 Å². The molecular weight excluding hydrogens is 502 g/mol. The molecule has 41 heavy (non-hydrogen) atoms. The molecule has 5 heteroatoms. The summed E-state index contributed by atoms with van der Waals surface area (Å²) in [6.07, 6.45) is 17.8. The van der Waals surface area contributed by atoms with Crippen molar-refractivity contribution in [3.63, 3.8) is 0 Å². The lowest BCUT2D eigenvalue weighted by atomic mass is 9.81. The Kier molecular flexibility index (Phi) is 6.26. The third-order valence-electron chi connectivity index (χ3n) is 8.47. The van der Waals surface area contributed by atoms with Crippen molar-refractivity contribution < 1.29 is 0 Å². The van der Waals surface area contributed by atoms with E-state index in [0.29, 0.717) is 5.56 Å². The normalized spacial score (nSPS) is 22.5. The van der Waals surface area contributed by atoms with E-state index < -0.39 is 0 Å². The average molecular weight is 530 g/mol. The highest BCUT2D eigenvalue weighted by Crippen LogP contribution is 2.50. The molecule has 7 rings (SSSR count). The number of rotatable bonds is 4. The van der Waals surface area contributed by atoms with E-state index in [-0.39, 0.29) is 23.8 Å². The number of anilines is 2. The van der Waals surface area contributed by atoms with Crippen LogP contribution in [0.15, 0.2) is 116 Å². The molecule has 4 aromatic rings. The summed E-state index contributed by atoms with van der Waals surface area (Å²) < 4.78 is 0. The first-order valence-corrected chi connectivity index (χ1v) is 14.0. The maximum atomic E-state index is 10.1. The number of nitrogens with zero attached hydrogens (tertiary/aromatic N) is 5. The minimum atomic E-state index is -0.0836. The van der Waals surface area contributed by atoms with Gasteiger partial charge >= 0.3 is 0 Å². The van der Waals surface area contributed by atoms with Gasteiger partial charge in [0, 0.05) is 48.0 Å². The van der Waals surface area contributed by atoms with Crippen LogP contribution in [-0.2, 0) is 0 Å². The van der Waals surface area contributed by atoms with Crippen molar-refractivity contribution in [2.75, 3.05) is 4.90 Å². The Morgan fingerprint density at radius 2 is 1.71 bits per heavy atom. The molecular formula is C36H27N5. The summed E-state index contributed by atoms with van der Waals surface area (Å²) in [4.78, 5) is 11.1. The number of allylic oxidation sites excluding steroid dienone is 5. The van der Waals surface area contributed by atoms with Gasteiger partial charge in [-0.05, 0) is 82.6 Å². The molecule has 196 valence electrons. The number of pyridine rings is 2. The second-order valence-corrected chi connectivity index (χ2v) is 10.9. The molecule has 0 spiro atoms. The summed E-state index contributed by atoms with van der Waals surface area (Å²) in [6, 6.07) is 27.8. The van der Waals surface area contributed by atoms with Crippen LogP contribution in [0.5, 0.6) is 0 Å².